The molecule has 3 aromatic rings. The molecule has 25 heavy (non-hydrogen) atoms. The van der Waals surface area contributed by atoms with Crippen LogP contribution in [0, 0.1) is 0 Å². The minimum Gasteiger partial charge on any atom is -0.870 e. The van der Waals surface area contributed by atoms with Gasteiger partial charge in [0.25, 0.3) is 0 Å². The zero-order valence-electron chi connectivity index (χ0n) is 14.1. The van der Waals surface area contributed by atoms with E-state index in [-0.39, 0.29) is 11.4 Å². The zero-order valence-corrected chi connectivity index (χ0v) is 15.0. The Morgan fingerprint density at radius 3 is 1.32 bits per heavy atom. The van der Waals surface area contributed by atoms with E-state index in [0.29, 0.717) is 6.16 Å². The molecular formula is C21H21O3P. The minimum absolute atomic E-state index is 0. The van der Waals surface area contributed by atoms with E-state index in [9.17, 15) is 4.79 Å². The molecule has 0 spiro atoms. The molecule has 0 radical (unpaired) electrons. The molecule has 0 amide bonds. The van der Waals surface area contributed by atoms with Crippen LogP contribution >= 0.6 is 7.26 Å². The summed E-state index contributed by atoms with van der Waals surface area (Å²) in [7, 11) is -0.644. The molecule has 1 N–H and O–H groups in total. The predicted molar refractivity (Wildman–Crippen MR) is 104 cm³/mol. The van der Waals surface area contributed by atoms with E-state index in [0.717, 1.165) is 0 Å². The van der Waals surface area contributed by atoms with E-state index in [1.54, 1.807) is 0 Å². The van der Waals surface area contributed by atoms with Crippen LogP contribution in [0.2, 0.25) is 0 Å². The van der Waals surface area contributed by atoms with Crippen molar-refractivity contribution in [2.75, 3.05) is 13.3 Å². The standard InChI is InChI=1S/C21H20O2P.H2O/c1-23-21(22)17-24(18-11-5-2-6-12-18,19-13-7-3-8-14-19)20-15-9-4-10-16-20;/h2-16H,17H2,1H3;1H2/q+1;/p-1. The molecule has 0 aliphatic carbocycles. The van der Waals surface area contributed by atoms with Crippen LogP contribution in [0.4, 0.5) is 0 Å². The summed E-state index contributed by atoms with van der Waals surface area (Å²) in [6.45, 7) is 0. The van der Waals surface area contributed by atoms with E-state index < -0.39 is 7.26 Å². The molecule has 128 valence electrons. The number of methoxy groups -OCH3 is 1. The summed E-state index contributed by atoms with van der Waals surface area (Å²) in [5.74, 6) is -0.181. The van der Waals surface area contributed by atoms with Gasteiger partial charge in [-0.2, -0.15) is 0 Å². The molecule has 0 unspecified atom stereocenters. The van der Waals surface area contributed by atoms with Crippen LogP contribution in [-0.2, 0) is 9.53 Å². The van der Waals surface area contributed by atoms with Gasteiger partial charge in [-0.15, -0.1) is 0 Å². The fourth-order valence-electron chi connectivity index (χ4n) is 3.03. The van der Waals surface area contributed by atoms with Crippen molar-refractivity contribution < 1.29 is 15.0 Å². The highest BCUT2D eigenvalue weighted by molar-refractivity contribution is 7.96. The SMILES string of the molecule is COC(=O)C[P+](c1ccccc1)(c1ccccc1)c1ccccc1.[OH-]. The second kappa shape index (κ2) is 8.57. The van der Waals surface area contributed by atoms with E-state index in [2.05, 4.69) is 36.4 Å². The van der Waals surface area contributed by atoms with Crippen LogP contribution in [0.1, 0.15) is 0 Å². The monoisotopic (exact) mass is 352 g/mol. The molecular weight excluding hydrogens is 331 g/mol. The topological polar surface area (TPSA) is 56.3 Å². The summed E-state index contributed by atoms with van der Waals surface area (Å²) in [6, 6.07) is 31.0. The van der Waals surface area contributed by atoms with Gasteiger partial charge in [0.1, 0.15) is 23.2 Å². The highest BCUT2D eigenvalue weighted by atomic mass is 31.2. The number of carbonyl (C=O) groups excluding carboxylic acids is 1. The second-order valence-electron chi connectivity index (χ2n) is 5.55. The Morgan fingerprint density at radius 1 is 0.720 bits per heavy atom. The largest absolute Gasteiger partial charge is 0.870 e. The van der Waals surface area contributed by atoms with Gasteiger partial charge in [-0.25, -0.2) is 4.79 Å². The van der Waals surface area contributed by atoms with Crippen LogP contribution in [0.3, 0.4) is 0 Å². The molecule has 0 fully saturated rings. The Kier molecular flexibility index (Phi) is 6.46. The summed E-state index contributed by atoms with van der Waals surface area (Å²) in [6.07, 6.45) is 0.363. The quantitative estimate of drug-likeness (QED) is 0.524. The highest BCUT2D eigenvalue weighted by Gasteiger charge is 2.47. The van der Waals surface area contributed by atoms with E-state index in [1.807, 2.05) is 54.6 Å². The molecule has 0 aliphatic rings. The van der Waals surface area contributed by atoms with Crippen LogP contribution in [0.15, 0.2) is 91.0 Å². The van der Waals surface area contributed by atoms with E-state index in [1.165, 1.54) is 23.0 Å². The molecule has 3 aromatic carbocycles. The lowest BCUT2D eigenvalue weighted by Crippen LogP contribution is -2.36. The maximum absolute atomic E-state index is 12.4. The van der Waals surface area contributed by atoms with Gasteiger partial charge < -0.3 is 10.2 Å². The fraction of sp³-hybridized carbons (Fsp3) is 0.0952. The Hall–Kier alpha value is -2.48. The minimum atomic E-state index is -2.10. The normalized spacial score (nSPS) is 10.6. The van der Waals surface area contributed by atoms with Crippen molar-refractivity contribution >= 4 is 29.1 Å². The summed E-state index contributed by atoms with van der Waals surface area (Å²) in [5.41, 5.74) is 0. The van der Waals surface area contributed by atoms with Crippen molar-refractivity contribution in [2.45, 2.75) is 0 Å². The number of esters is 1. The maximum Gasteiger partial charge on any atom is 0.344 e. The second-order valence-corrected chi connectivity index (χ2v) is 9.04. The molecule has 0 aromatic heterocycles. The van der Waals surface area contributed by atoms with Crippen LogP contribution in [-0.4, -0.2) is 24.7 Å². The summed E-state index contributed by atoms with van der Waals surface area (Å²) in [4.78, 5) is 12.4. The van der Waals surface area contributed by atoms with Crippen molar-refractivity contribution in [3.63, 3.8) is 0 Å². The Balaban J connectivity index is 0.00000225. The molecule has 4 heteroatoms. The van der Waals surface area contributed by atoms with Gasteiger partial charge in [0.15, 0.2) is 6.16 Å². The summed E-state index contributed by atoms with van der Waals surface area (Å²) < 4.78 is 5.06. The Morgan fingerprint density at radius 2 is 1.04 bits per heavy atom. The first-order chi connectivity index (χ1) is 11.8. The first kappa shape index (κ1) is 18.9. The molecule has 0 saturated carbocycles. The van der Waals surface area contributed by atoms with Gasteiger partial charge in [-0.1, -0.05) is 54.6 Å². The molecule has 0 heterocycles. The summed E-state index contributed by atoms with van der Waals surface area (Å²) in [5, 5.41) is 3.56. The number of ether oxygens (including phenoxy) is 1. The van der Waals surface area contributed by atoms with Gasteiger partial charge in [0.05, 0.1) is 7.11 Å². The van der Waals surface area contributed by atoms with E-state index >= 15 is 0 Å². The summed E-state index contributed by atoms with van der Waals surface area (Å²) >= 11 is 0. The average Bonchev–Trinajstić information content (AvgIpc) is 2.68. The first-order valence-electron chi connectivity index (χ1n) is 7.89. The van der Waals surface area contributed by atoms with Crippen LogP contribution in [0.25, 0.3) is 0 Å². The number of carbonyl (C=O) groups is 1. The number of benzene rings is 3. The van der Waals surface area contributed by atoms with Gasteiger partial charge >= 0.3 is 5.97 Å². The zero-order chi connectivity index (χ0) is 16.8. The van der Waals surface area contributed by atoms with Gasteiger partial charge in [-0.3, -0.25) is 0 Å². The third kappa shape index (κ3) is 3.79. The van der Waals surface area contributed by atoms with Gasteiger partial charge in [0.2, 0.25) is 0 Å². The van der Waals surface area contributed by atoms with E-state index in [4.69, 9.17) is 4.74 Å². The van der Waals surface area contributed by atoms with Crippen LogP contribution in [0.5, 0.6) is 0 Å². The van der Waals surface area contributed by atoms with Crippen molar-refractivity contribution in [1.29, 1.82) is 0 Å². The molecule has 0 bridgehead atoms. The lowest BCUT2D eigenvalue weighted by atomic mass is 10.4. The molecule has 0 aliphatic heterocycles. The number of hydrogen-bond acceptors (Lipinski definition) is 3. The molecule has 0 atom stereocenters. The Bertz CT molecular complexity index is 692. The van der Waals surface area contributed by atoms with Crippen molar-refractivity contribution in [3.8, 4) is 0 Å². The third-order valence-corrected chi connectivity index (χ3v) is 8.46. The smallest absolute Gasteiger partial charge is 0.344 e. The first-order valence-corrected chi connectivity index (χ1v) is 9.86. The van der Waals surface area contributed by atoms with Gasteiger partial charge in [-0.05, 0) is 36.4 Å². The number of rotatable bonds is 5. The predicted octanol–water partition coefficient (Wildman–Crippen LogP) is 2.98. The Labute approximate surface area is 148 Å². The van der Waals surface area contributed by atoms with Crippen molar-refractivity contribution in [1.82, 2.24) is 0 Å². The maximum atomic E-state index is 12.4. The third-order valence-electron chi connectivity index (χ3n) is 4.18. The van der Waals surface area contributed by atoms with Gasteiger partial charge in [0, 0.05) is 0 Å². The highest BCUT2D eigenvalue weighted by Crippen LogP contribution is 2.55. The molecule has 3 nitrogen and oxygen atoms in total. The fourth-order valence-corrected chi connectivity index (χ4v) is 7.03. The number of hydrogen-bond donors (Lipinski definition) is 0. The average molecular weight is 352 g/mol. The van der Waals surface area contributed by atoms with Crippen molar-refractivity contribution in [2.24, 2.45) is 0 Å². The van der Waals surface area contributed by atoms with Crippen molar-refractivity contribution in [3.05, 3.63) is 91.0 Å². The lowest BCUT2D eigenvalue weighted by molar-refractivity contribution is -0.137. The molecule has 3 rings (SSSR count). The van der Waals surface area contributed by atoms with Crippen LogP contribution < -0.4 is 15.9 Å². The molecule has 0 saturated heterocycles. The lowest BCUT2D eigenvalue weighted by Gasteiger charge is -2.26.